The number of aliphatic carboxylic acids is 1. The molecule has 126 valence electrons. The van der Waals surface area contributed by atoms with Crippen LogP contribution in [0.2, 0.25) is 0 Å². The lowest BCUT2D eigenvalue weighted by Crippen LogP contribution is -2.53. The van der Waals surface area contributed by atoms with E-state index in [4.69, 9.17) is 22.3 Å². The Bertz CT molecular complexity index is 415. The molecule has 0 heterocycles. The minimum atomic E-state index is -1.26. The monoisotopic (exact) mass is 317 g/mol. The predicted octanol–water partition coefficient (Wildman–Crippen LogP) is -3.00. The van der Waals surface area contributed by atoms with Gasteiger partial charge in [-0.05, 0) is 19.4 Å². The largest absolute Gasteiger partial charge is 0.480 e. The molecule has 0 unspecified atom stereocenters. The number of hydrogen-bond acceptors (Lipinski definition) is 6. The number of unbranched alkanes of at least 4 members (excludes halogenated alkanes) is 1. The van der Waals surface area contributed by atoms with Gasteiger partial charge in [-0.3, -0.25) is 19.2 Å². The van der Waals surface area contributed by atoms with Crippen molar-refractivity contribution in [3.63, 3.8) is 0 Å². The minimum absolute atomic E-state index is 0.378. The van der Waals surface area contributed by atoms with Crippen molar-refractivity contribution in [2.45, 2.75) is 37.8 Å². The zero-order chi connectivity index (χ0) is 17.1. The van der Waals surface area contributed by atoms with Gasteiger partial charge < -0.3 is 32.9 Å². The molecule has 0 radical (unpaired) electrons. The number of carboxylic acid groups (broad SMARTS) is 1. The summed E-state index contributed by atoms with van der Waals surface area (Å²) in [6, 6.07) is -2.11. The van der Waals surface area contributed by atoms with Crippen LogP contribution in [-0.2, 0) is 19.2 Å². The summed E-state index contributed by atoms with van der Waals surface area (Å²) in [5.74, 6) is -3.50. The molecular weight excluding hydrogens is 294 g/mol. The molecule has 0 aliphatic heterocycles. The number of nitrogens with two attached hydrogens (primary N) is 3. The van der Waals surface area contributed by atoms with Crippen molar-refractivity contribution in [1.82, 2.24) is 10.6 Å². The number of amides is 3. The van der Waals surface area contributed by atoms with Crippen molar-refractivity contribution in [3.05, 3.63) is 0 Å². The lowest BCUT2D eigenvalue weighted by molar-refractivity contribution is -0.138. The highest BCUT2D eigenvalue weighted by atomic mass is 16.4. The van der Waals surface area contributed by atoms with Gasteiger partial charge in [-0.2, -0.15) is 0 Å². The van der Waals surface area contributed by atoms with Gasteiger partial charge in [-0.1, -0.05) is 6.42 Å². The first-order valence-electron chi connectivity index (χ1n) is 6.81. The van der Waals surface area contributed by atoms with Crippen molar-refractivity contribution in [2.24, 2.45) is 17.2 Å². The molecule has 0 aliphatic rings. The second kappa shape index (κ2) is 10.5. The first kappa shape index (κ1) is 19.8. The fourth-order valence-electron chi connectivity index (χ4n) is 1.61. The third-order valence-electron chi connectivity index (χ3n) is 2.76. The number of nitrogens with one attached hydrogen (secondary N) is 2. The summed E-state index contributed by atoms with van der Waals surface area (Å²) in [5.41, 5.74) is 16.0. The third kappa shape index (κ3) is 8.87. The van der Waals surface area contributed by atoms with Crippen LogP contribution >= 0.6 is 0 Å². The Labute approximate surface area is 127 Å². The number of carboxylic acids is 1. The Hall–Kier alpha value is -2.20. The number of primary amides is 1. The van der Waals surface area contributed by atoms with Crippen LogP contribution < -0.4 is 27.8 Å². The fourth-order valence-corrected chi connectivity index (χ4v) is 1.61. The van der Waals surface area contributed by atoms with Crippen molar-refractivity contribution in [3.8, 4) is 0 Å². The quantitative estimate of drug-likeness (QED) is 0.219. The first-order chi connectivity index (χ1) is 10.3. The normalized spacial score (nSPS) is 13.0. The summed E-state index contributed by atoms with van der Waals surface area (Å²) < 4.78 is 0. The van der Waals surface area contributed by atoms with Crippen molar-refractivity contribution >= 4 is 23.7 Å². The second-order valence-corrected chi connectivity index (χ2v) is 4.73. The van der Waals surface area contributed by atoms with Crippen molar-refractivity contribution in [2.75, 3.05) is 13.1 Å². The van der Waals surface area contributed by atoms with Gasteiger partial charge in [0.05, 0.1) is 12.5 Å². The number of hydrogen-bond donors (Lipinski definition) is 6. The molecule has 0 saturated carbocycles. The molecule has 0 aromatic carbocycles. The van der Waals surface area contributed by atoms with Crippen LogP contribution in [0.4, 0.5) is 0 Å². The van der Waals surface area contributed by atoms with E-state index in [-0.39, 0.29) is 0 Å². The van der Waals surface area contributed by atoms with Crippen LogP contribution in [0.25, 0.3) is 0 Å². The van der Waals surface area contributed by atoms with E-state index < -0.39 is 48.7 Å². The Morgan fingerprint density at radius 3 is 2.23 bits per heavy atom. The van der Waals surface area contributed by atoms with Gasteiger partial charge >= 0.3 is 5.97 Å². The molecule has 0 aromatic rings. The summed E-state index contributed by atoms with van der Waals surface area (Å²) in [6.07, 6.45) is 1.29. The van der Waals surface area contributed by atoms with Crippen LogP contribution in [-0.4, -0.2) is 54.0 Å². The zero-order valence-corrected chi connectivity index (χ0v) is 12.2. The van der Waals surface area contributed by atoms with E-state index in [2.05, 4.69) is 10.6 Å². The summed E-state index contributed by atoms with van der Waals surface area (Å²) >= 11 is 0. The third-order valence-corrected chi connectivity index (χ3v) is 2.76. The smallest absolute Gasteiger partial charge is 0.322 e. The van der Waals surface area contributed by atoms with Crippen LogP contribution in [0.1, 0.15) is 25.7 Å². The van der Waals surface area contributed by atoms with Crippen molar-refractivity contribution < 1.29 is 24.3 Å². The zero-order valence-electron chi connectivity index (χ0n) is 12.2. The molecule has 9 N–H and O–H groups in total. The molecule has 22 heavy (non-hydrogen) atoms. The molecule has 0 rings (SSSR count). The maximum atomic E-state index is 11.9. The maximum Gasteiger partial charge on any atom is 0.322 e. The van der Waals surface area contributed by atoms with E-state index in [1.165, 1.54) is 0 Å². The Morgan fingerprint density at radius 2 is 1.73 bits per heavy atom. The maximum absolute atomic E-state index is 11.9. The van der Waals surface area contributed by atoms with Crippen LogP contribution in [0, 0.1) is 0 Å². The minimum Gasteiger partial charge on any atom is -0.480 e. The first-order valence-corrected chi connectivity index (χ1v) is 6.81. The SMILES string of the molecule is NCCCC[C@H](N)C(=O)N[C@@H](CC(N)=O)C(=O)NCC(=O)O. The predicted molar refractivity (Wildman–Crippen MR) is 77.3 cm³/mol. The molecule has 10 heteroatoms. The van der Waals surface area contributed by atoms with E-state index in [0.717, 1.165) is 0 Å². The van der Waals surface area contributed by atoms with Crippen LogP contribution in [0.5, 0.6) is 0 Å². The molecule has 0 saturated heterocycles. The lowest BCUT2D eigenvalue weighted by Gasteiger charge is -2.19. The lowest BCUT2D eigenvalue weighted by atomic mass is 10.1. The number of carbonyl (C=O) groups is 4. The molecule has 0 spiro atoms. The second-order valence-electron chi connectivity index (χ2n) is 4.73. The van der Waals surface area contributed by atoms with Gasteiger partial charge in [0, 0.05) is 0 Å². The van der Waals surface area contributed by atoms with Gasteiger partial charge in [0.2, 0.25) is 17.7 Å². The summed E-state index contributed by atoms with van der Waals surface area (Å²) in [4.78, 5) is 44.9. The van der Waals surface area contributed by atoms with E-state index in [1.54, 1.807) is 0 Å². The van der Waals surface area contributed by atoms with Gasteiger partial charge in [0.25, 0.3) is 0 Å². The highest BCUT2D eigenvalue weighted by Gasteiger charge is 2.25. The van der Waals surface area contributed by atoms with E-state index in [0.29, 0.717) is 25.8 Å². The molecule has 0 aromatic heterocycles. The number of carbonyl (C=O) groups excluding carboxylic acids is 3. The highest BCUT2D eigenvalue weighted by molar-refractivity contribution is 5.93. The Morgan fingerprint density at radius 1 is 1.09 bits per heavy atom. The summed E-state index contributed by atoms with van der Waals surface area (Å²) in [6.45, 7) is -0.150. The van der Waals surface area contributed by atoms with Gasteiger partial charge in [0.1, 0.15) is 12.6 Å². The van der Waals surface area contributed by atoms with Gasteiger partial charge in [-0.15, -0.1) is 0 Å². The summed E-state index contributed by atoms with van der Waals surface area (Å²) in [5, 5.41) is 12.9. The summed E-state index contributed by atoms with van der Waals surface area (Å²) in [7, 11) is 0. The van der Waals surface area contributed by atoms with Crippen LogP contribution in [0.3, 0.4) is 0 Å². The molecule has 0 fully saturated rings. The molecule has 0 bridgehead atoms. The van der Waals surface area contributed by atoms with Crippen LogP contribution in [0.15, 0.2) is 0 Å². The molecule has 3 amide bonds. The van der Waals surface area contributed by atoms with Crippen molar-refractivity contribution in [1.29, 1.82) is 0 Å². The molecule has 10 nitrogen and oxygen atoms in total. The molecule has 0 aliphatic carbocycles. The standard InChI is InChI=1S/C12H23N5O5/c13-4-2-1-3-7(14)11(21)17-8(5-9(15)18)12(22)16-6-10(19)20/h7-8H,1-6,13-14H2,(H2,15,18)(H,16,22)(H,17,21)(H,19,20)/t7-,8-/m0/s1. The molecular formula is C12H23N5O5. The van der Waals surface area contributed by atoms with Gasteiger partial charge in [-0.25, -0.2) is 0 Å². The topological polar surface area (TPSA) is 191 Å². The van der Waals surface area contributed by atoms with Gasteiger partial charge in [0.15, 0.2) is 0 Å². The fraction of sp³-hybridized carbons (Fsp3) is 0.667. The number of rotatable bonds is 11. The highest BCUT2D eigenvalue weighted by Crippen LogP contribution is 2.00. The Balaban J connectivity index is 4.55. The van der Waals surface area contributed by atoms with E-state index in [9.17, 15) is 19.2 Å². The Kier molecular flexibility index (Phi) is 9.46. The van der Waals surface area contributed by atoms with E-state index in [1.807, 2.05) is 0 Å². The average molecular weight is 317 g/mol. The van der Waals surface area contributed by atoms with E-state index >= 15 is 0 Å². The molecule has 2 atom stereocenters. The average Bonchev–Trinajstić information content (AvgIpc) is 2.43.